The third-order valence-electron chi connectivity index (χ3n) is 6.25. The van der Waals surface area contributed by atoms with E-state index in [1.807, 2.05) is 0 Å². The summed E-state index contributed by atoms with van der Waals surface area (Å²) < 4.78 is 11.4. The lowest BCUT2D eigenvalue weighted by molar-refractivity contribution is -0.00218. The number of ether oxygens (including phenoxy) is 1. The molecule has 1 aliphatic carbocycles. The van der Waals surface area contributed by atoms with E-state index in [1.54, 1.807) is 18.2 Å². The van der Waals surface area contributed by atoms with E-state index in [-0.39, 0.29) is 29.7 Å². The number of halogens is 2. The van der Waals surface area contributed by atoms with Crippen LogP contribution in [0.1, 0.15) is 60.6 Å². The number of esters is 1. The topological polar surface area (TPSA) is 92.9 Å². The highest BCUT2D eigenvalue weighted by Crippen LogP contribution is 2.46. The van der Waals surface area contributed by atoms with E-state index in [4.69, 9.17) is 32.5 Å². The number of benzene rings is 1. The van der Waals surface area contributed by atoms with Crippen LogP contribution >= 0.6 is 23.2 Å². The smallest absolute Gasteiger partial charge is 0.407 e. The van der Waals surface area contributed by atoms with Crippen LogP contribution in [0.4, 0.5) is 4.79 Å². The molecule has 3 fully saturated rings. The Morgan fingerprint density at radius 3 is 2.30 bits per heavy atom. The zero-order chi connectivity index (χ0) is 21.0. The minimum atomic E-state index is -0.905. The summed E-state index contributed by atoms with van der Waals surface area (Å²) in [6.45, 7) is 0. The van der Waals surface area contributed by atoms with Gasteiger partial charge in [-0.25, -0.2) is 9.59 Å². The molecule has 3 heterocycles. The Balaban J connectivity index is 1.44. The second-order valence-corrected chi connectivity index (χ2v) is 9.03. The van der Waals surface area contributed by atoms with Crippen molar-refractivity contribution in [1.82, 2.24) is 10.1 Å². The molecule has 0 spiro atoms. The first-order chi connectivity index (χ1) is 14.4. The quantitative estimate of drug-likeness (QED) is 0.630. The van der Waals surface area contributed by atoms with E-state index >= 15 is 0 Å². The van der Waals surface area contributed by atoms with Gasteiger partial charge >= 0.3 is 12.1 Å². The van der Waals surface area contributed by atoms with Gasteiger partial charge in [0.25, 0.3) is 0 Å². The van der Waals surface area contributed by atoms with Crippen LogP contribution in [0.5, 0.6) is 0 Å². The molecule has 1 aromatic carbocycles. The molecular formula is C21H20Cl2N2O5. The third-order valence-corrected chi connectivity index (χ3v) is 6.88. The number of nitrogens with zero attached hydrogens (tertiary/aromatic N) is 2. The standard InChI is InChI=1S/C21H20Cl2N2O5/c22-14-2-1-3-15(23)16(14)18-17(19(30-24-18)10-4-5-10)20(26)29-13-8-11-6-7-12(9-13)25(11)21(27)28/h1-3,10-13H,4-9H2,(H,27,28)/t11-,12+,13+. The van der Waals surface area contributed by atoms with Crippen molar-refractivity contribution in [1.29, 1.82) is 0 Å². The van der Waals surface area contributed by atoms with Gasteiger partial charge in [-0.15, -0.1) is 0 Å². The Morgan fingerprint density at radius 2 is 1.73 bits per heavy atom. The summed E-state index contributed by atoms with van der Waals surface area (Å²) in [5.74, 6) is 0.134. The molecule has 1 aromatic heterocycles. The maximum absolute atomic E-state index is 13.3. The molecule has 9 heteroatoms. The van der Waals surface area contributed by atoms with Gasteiger partial charge in [0, 0.05) is 36.4 Å². The van der Waals surface area contributed by atoms with Gasteiger partial charge in [-0.1, -0.05) is 34.4 Å². The minimum absolute atomic E-state index is 0.109. The van der Waals surface area contributed by atoms with Crippen LogP contribution in [0.25, 0.3) is 11.3 Å². The summed E-state index contributed by atoms with van der Waals surface area (Å²) in [6.07, 6.45) is 3.19. The lowest BCUT2D eigenvalue weighted by Gasteiger charge is -2.36. The Morgan fingerprint density at radius 1 is 1.10 bits per heavy atom. The number of rotatable bonds is 4. The van der Waals surface area contributed by atoms with Gasteiger partial charge in [-0.05, 0) is 37.8 Å². The van der Waals surface area contributed by atoms with E-state index in [9.17, 15) is 14.7 Å². The van der Waals surface area contributed by atoms with Crippen molar-refractivity contribution in [3.63, 3.8) is 0 Å². The summed E-state index contributed by atoms with van der Waals surface area (Å²) in [7, 11) is 0. The van der Waals surface area contributed by atoms with Crippen LogP contribution < -0.4 is 0 Å². The molecule has 1 N–H and O–H groups in total. The first-order valence-electron chi connectivity index (χ1n) is 10.1. The molecule has 7 nitrogen and oxygen atoms in total. The van der Waals surface area contributed by atoms with Gasteiger partial charge < -0.3 is 19.3 Å². The number of fused-ring (bicyclic) bond motifs is 2. The van der Waals surface area contributed by atoms with E-state index in [0.717, 1.165) is 25.7 Å². The van der Waals surface area contributed by atoms with Gasteiger partial charge in [-0.2, -0.15) is 0 Å². The van der Waals surface area contributed by atoms with Crippen molar-refractivity contribution in [2.24, 2.45) is 0 Å². The maximum atomic E-state index is 13.3. The Kier molecular flexibility index (Phi) is 4.90. The first-order valence-corrected chi connectivity index (χ1v) is 10.9. The van der Waals surface area contributed by atoms with E-state index in [0.29, 0.717) is 39.9 Å². The number of amides is 1. The average Bonchev–Trinajstić information content (AvgIpc) is 3.38. The van der Waals surface area contributed by atoms with E-state index < -0.39 is 12.1 Å². The summed E-state index contributed by atoms with van der Waals surface area (Å²) in [5, 5.41) is 14.3. The highest BCUT2D eigenvalue weighted by atomic mass is 35.5. The maximum Gasteiger partial charge on any atom is 0.407 e. The normalized spacial score (nSPS) is 25.4. The molecule has 1 saturated carbocycles. The monoisotopic (exact) mass is 450 g/mol. The molecule has 30 heavy (non-hydrogen) atoms. The number of carboxylic acid groups (broad SMARTS) is 1. The molecule has 2 aromatic rings. The number of piperidine rings is 1. The van der Waals surface area contributed by atoms with Crippen molar-refractivity contribution in [3.05, 3.63) is 39.6 Å². The Bertz CT molecular complexity index is 985. The summed E-state index contributed by atoms with van der Waals surface area (Å²) >= 11 is 12.7. The number of aromatic nitrogens is 1. The third kappa shape index (κ3) is 3.34. The van der Waals surface area contributed by atoms with Crippen LogP contribution in [0.2, 0.25) is 10.0 Å². The fourth-order valence-corrected chi connectivity index (χ4v) is 5.34. The lowest BCUT2D eigenvalue weighted by atomic mass is 9.99. The molecule has 2 aliphatic heterocycles. The summed E-state index contributed by atoms with van der Waals surface area (Å²) in [6, 6.07) is 4.87. The molecule has 2 bridgehead atoms. The Labute approximate surface area is 182 Å². The molecule has 0 radical (unpaired) electrons. The van der Waals surface area contributed by atoms with Gasteiger partial charge in [0.05, 0.1) is 10.0 Å². The minimum Gasteiger partial charge on any atom is -0.465 e. The van der Waals surface area contributed by atoms with Crippen LogP contribution in [0.15, 0.2) is 22.7 Å². The highest BCUT2D eigenvalue weighted by molar-refractivity contribution is 6.39. The molecular weight excluding hydrogens is 431 g/mol. The molecule has 5 rings (SSSR count). The second-order valence-electron chi connectivity index (χ2n) is 8.21. The molecule has 1 amide bonds. The number of carbonyl (C=O) groups excluding carboxylic acids is 1. The molecule has 2 saturated heterocycles. The van der Waals surface area contributed by atoms with Crippen LogP contribution in [0.3, 0.4) is 0 Å². The van der Waals surface area contributed by atoms with Gasteiger partial charge in [0.2, 0.25) is 0 Å². The molecule has 3 aliphatic rings. The highest BCUT2D eigenvalue weighted by Gasteiger charge is 2.45. The van der Waals surface area contributed by atoms with Crippen LogP contribution in [0, 0.1) is 0 Å². The zero-order valence-electron chi connectivity index (χ0n) is 16.0. The first kappa shape index (κ1) is 19.7. The van der Waals surface area contributed by atoms with Crippen LogP contribution in [-0.2, 0) is 4.74 Å². The van der Waals surface area contributed by atoms with E-state index in [2.05, 4.69) is 5.16 Å². The number of hydrogen-bond acceptors (Lipinski definition) is 5. The van der Waals surface area contributed by atoms with Crippen molar-refractivity contribution >= 4 is 35.3 Å². The summed E-state index contributed by atoms with van der Waals surface area (Å²) in [4.78, 5) is 26.3. The average molecular weight is 451 g/mol. The number of carbonyl (C=O) groups is 2. The number of hydrogen-bond donors (Lipinski definition) is 1. The van der Waals surface area contributed by atoms with Gasteiger partial charge in [-0.3, -0.25) is 0 Å². The fourth-order valence-electron chi connectivity index (χ4n) is 4.76. The van der Waals surface area contributed by atoms with Crippen molar-refractivity contribution in [2.75, 3.05) is 0 Å². The largest absolute Gasteiger partial charge is 0.465 e. The molecule has 3 atom stereocenters. The predicted octanol–water partition coefficient (Wildman–Crippen LogP) is 5.36. The zero-order valence-corrected chi connectivity index (χ0v) is 17.5. The van der Waals surface area contributed by atoms with Gasteiger partial charge in [0.15, 0.2) is 5.76 Å². The van der Waals surface area contributed by atoms with Crippen molar-refractivity contribution < 1.29 is 24.0 Å². The SMILES string of the molecule is O=C(O[C@H]1C[C@H]2CC[C@@H](C1)N2C(=O)O)c1c(-c2c(Cl)cccc2Cl)noc1C1CC1. The second kappa shape index (κ2) is 7.46. The fraction of sp³-hybridized carbons (Fsp3) is 0.476. The van der Waals surface area contributed by atoms with Gasteiger partial charge in [0.1, 0.15) is 17.4 Å². The summed E-state index contributed by atoms with van der Waals surface area (Å²) in [5.41, 5.74) is 1.02. The molecule has 0 unspecified atom stereocenters. The van der Waals surface area contributed by atoms with E-state index in [1.165, 1.54) is 4.90 Å². The van der Waals surface area contributed by atoms with Crippen molar-refractivity contribution in [3.8, 4) is 11.3 Å². The van der Waals surface area contributed by atoms with Crippen molar-refractivity contribution in [2.45, 2.75) is 62.6 Å². The lowest BCUT2D eigenvalue weighted by Crippen LogP contribution is -2.48. The van der Waals surface area contributed by atoms with Crippen LogP contribution in [-0.4, -0.2) is 45.4 Å². The predicted molar refractivity (Wildman–Crippen MR) is 109 cm³/mol. The Hall–Kier alpha value is -2.25. The molecule has 158 valence electrons.